The highest BCUT2D eigenvalue weighted by molar-refractivity contribution is 6.32. The number of nitrogens with one attached hydrogen (secondary N) is 1. The number of amides is 1. The Morgan fingerprint density at radius 2 is 1.92 bits per heavy atom. The highest BCUT2D eigenvalue weighted by Gasteiger charge is 2.13. The molecule has 0 bridgehead atoms. The van der Waals surface area contributed by atoms with Crippen LogP contribution in [0.2, 0.25) is 5.02 Å². The molecule has 1 saturated heterocycles. The summed E-state index contributed by atoms with van der Waals surface area (Å²) in [5, 5.41) is 3.25. The van der Waals surface area contributed by atoms with Gasteiger partial charge in [-0.2, -0.15) is 0 Å². The molecule has 0 spiro atoms. The molecule has 1 N–H and O–H groups in total. The lowest BCUT2D eigenvalue weighted by molar-refractivity contribution is 0.102. The van der Waals surface area contributed by atoms with Gasteiger partial charge in [-0.15, -0.1) is 0 Å². The quantitative estimate of drug-likeness (QED) is 0.880. The Labute approximate surface area is 153 Å². The molecule has 1 aromatic heterocycles. The first-order valence-corrected chi connectivity index (χ1v) is 8.91. The van der Waals surface area contributed by atoms with Gasteiger partial charge in [0.25, 0.3) is 5.91 Å². The first-order valence-electron chi connectivity index (χ1n) is 8.53. The zero-order valence-electron chi connectivity index (χ0n) is 14.3. The van der Waals surface area contributed by atoms with Crippen molar-refractivity contribution in [3.63, 3.8) is 0 Å². The molecule has 1 aromatic carbocycles. The third kappa shape index (κ3) is 4.42. The molecule has 2 heterocycles. The van der Waals surface area contributed by atoms with Gasteiger partial charge in [0.15, 0.2) is 0 Å². The van der Waals surface area contributed by atoms with Crippen molar-refractivity contribution in [2.45, 2.75) is 25.7 Å². The maximum atomic E-state index is 12.4. The molecular weight excluding hydrogens is 338 g/mol. The number of benzene rings is 1. The lowest BCUT2D eigenvalue weighted by Gasteiger charge is -2.22. The van der Waals surface area contributed by atoms with Crippen LogP contribution < -0.4 is 15.0 Å². The van der Waals surface area contributed by atoms with E-state index in [2.05, 4.69) is 15.2 Å². The van der Waals surface area contributed by atoms with Crippen LogP contribution in [-0.4, -0.2) is 31.1 Å². The summed E-state index contributed by atoms with van der Waals surface area (Å²) in [4.78, 5) is 19.0. The van der Waals surface area contributed by atoms with Gasteiger partial charge < -0.3 is 15.0 Å². The van der Waals surface area contributed by atoms with Crippen LogP contribution >= 0.6 is 11.6 Å². The van der Waals surface area contributed by atoms with E-state index in [4.69, 9.17) is 16.3 Å². The van der Waals surface area contributed by atoms with E-state index >= 15 is 0 Å². The largest absolute Gasteiger partial charge is 0.495 e. The highest BCUT2D eigenvalue weighted by Crippen LogP contribution is 2.27. The average Bonchev–Trinajstić information content (AvgIpc) is 2.91. The number of methoxy groups -OCH3 is 1. The fourth-order valence-electron chi connectivity index (χ4n) is 2.98. The standard InChI is InChI=1S/C19H22ClN3O2/c1-25-18-9-6-14(12-16(18)20)22-19(24)17-8-7-15(13-21-17)23-10-4-2-3-5-11-23/h6-9,12-13H,2-5,10-11H2,1H3,(H,22,24). The van der Waals surface area contributed by atoms with Crippen LogP contribution in [0.1, 0.15) is 36.2 Å². The van der Waals surface area contributed by atoms with Crippen LogP contribution in [-0.2, 0) is 0 Å². The second-order valence-corrected chi connectivity index (χ2v) is 6.51. The van der Waals surface area contributed by atoms with Gasteiger partial charge in [-0.25, -0.2) is 4.98 Å². The fourth-order valence-corrected chi connectivity index (χ4v) is 3.23. The third-order valence-corrected chi connectivity index (χ3v) is 4.66. The average molecular weight is 360 g/mol. The van der Waals surface area contributed by atoms with E-state index < -0.39 is 0 Å². The number of halogens is 1. The van der Waals surface area contributed by atoms with Crippen molar-refractivity contribution in [2.24, 2.45) is 0 Å². The molecular formula is C19H22ClN3O2. The maximum absolute atomic E-state index is 12.4. The van der Waals surface area contributed by atoms with Crippen molar-refractivity contribution in [1.29, 1.82) is 0 Å². The van der Waals surface area contributed by atoms with Gasteiger partial charge in [-0.3, -0.25) is 4.79 Å². The number of pyridine rings is 1. The van der Waals surface area contributed by atoms with Gasteiger partial charge in [0.05, 0.1) is 24.0 Å². The highest BCUT2D eigenvalue weighted by atomic mass is 35.5. The van der Waals surface area contributed by atoms with Crippen LogP contribution in [0, 0.1) is 0 Å². The molecule has 132 valence electrons. The number of ether oxygens (including phenoxy) is 1. The van der Waals surface area contributed by atoms with Gasteiger partial charge >= 0.3 is 0 Å². The van der Waals surface area contributed by atoms with E-state index in [9.17, 15) is 4.79 Å². The Kier molecular flexibility index (Phi) is 5.76. The Balaban J connectivity index is 1.67. The summed E-state index contributed by atoms with van der Waals surface area (Å²) in [5.74, 6) is 0.309. The summed E-state index contributed by atoms with van der Waals surface area (Å²) in [5.41, 5.74) is 2.06. The van der Waals surface area contributed by atoms with Crippen molar-refractivity contribution in [1.82, 2.24) is 4.98 Å². The number of hydrogen-bond donors (Lipinski definition) is 1. The van der Waals surface area contributed by atoms with Gasteiger partial charge in [0, 0.05) is 18.8 Å². The molecule has 5 nitrogen and oxygen atoms in total. The smallest absolute Gasteiger partial charge is 0.274 e. The Morgan fingerprint density at radius 3 is 2.52 bits per heavy atom. The molecule has 0 aliphatic carbocycles. The number of carbonyl (C=O) groups is 1. The number of nitrogens with zero attached hydrogens (tertiary/aromatic N) is 2. The van der Waals surface area contributed by atoms with E-state index in [1.165, 1.54) is 25.7 Å². The normalized spacial score (nSPS) is 14.7. The minimum Gasteiger partial charge on any atom is -0.495 e. The Morgan fingerprint density at radius 1 is 1.16 bits per heavy atom. The van der Waals surface area contributed by atoms with E-state index in [0.717, 1.165) is 18.8 Å². The number of rotatable bonds is 4. The predicted octanol–water partition coefficient (Wildman–Crippen LogP) is 4.38. The van der Waals surface area contributed by atoms with Crippen LogP contribution in [0.3, 0.4) is 0 Å². The summed E-state index contributed by atoms with van der Waals surface area (Å²) >= 11 is 6.08. The predicted molar refractivity (Wildman–Crippen MR) is 101 cm³/mol. The summed E-state index contributed by atoms with van der Waals surface area (Å²) in [6, 6.07) is 8.85. The summed E-state index contributed by atoms with van der Waals surface area (Å²) in [6.07, 6.45) is 6.77. The molecule has 1 fully saturated rings. The fraction of sp³-hybridized carbons (Fsp3) is 0.368. The van der Waals surface area contributed by atoms with Crippen LogP contribution in [0.5, 0.6) is 5.75 Å². The van der Waals surface area contributed by atoms with Crippen LogP contribution in [0.15, 0.2) is 36.5 Å². The van der Waals surface area contributed by atoms with Crippen molar-refractivity contribution >= 4 is 28.9 Å². The lowest BCUT2D eigenvalue weighted by atomic mass is 10.2. The van der Waals surface area contributed by atoms with Crippen LogP contribution in [0.25, 0.3) is 0 Å². The van der Waals surface area contributed by atoms with Gasteiger partial charge in [0.1, 0.15) is 11.4 Å². The van der Waals surface area contributed by atoms with Crippen molar-refractivity contribution in [3.8, 4) is 5.75 Å². The zero-order valence-corrected chi connectivity index (χ0v) is 15.1. The topological polar surface area (TPSA) is 54.5 Å². The second kappa shape index (κ2) is 8.21. The molecule has 0 saturated carbocycles. The molecule has 3 rings (SSSR count). The van der Waals surface area contributed by atoms with Crippen LogP contribution in [0.4, 0.5) is 11.4 Å². The molecule has 1 amide bonds. The van der Waals surface area contributed by atoms with Crippen molar-refractivity contribution < 1.29 is 9.53 Å². The molecule has 0 radical (unpaired) electrons. The van der Waals surface area contributed by atoms with Crippen molar-refractivity contribution in [3.05, 3.63) is 47.2 Å². The summed E-state index contributed by atoms with van der Waals surface area (Å²) < 4.78 is 5.11. The number of hydrogen-bond acceptors (Lipinski definition) is 4. The monoisotopic (exact) mass is 359 g/mol. The first kappa shape index (κ1) is 17.5. The molecule has 1 aliphatic rings. The third-order valence-electron chi connectivity index (χ3n) is 4.36. The Bertz CT molecular complexity index is 726. The van der Waals surface area contributed by atoms with Crippen molar-refractivity contribution in [2.75, 3.05) is 30.4 Å². The zero-order chi connectivity index (χ0) is 17.6. The molecule has 2 aromatic rings. The molecule has 0 unspecified atom stereocenters. The minimum atomic E-state index is -0.261. The Hall–Kier alpha value is -2.27. The second-order valence-electron chi connectivity index (χ2n) is 6.11. The number of anilines is 2. The van der Waals surface area contributed by atoms with E-state index in [-0.39, 0.29) is 5.91 Å². The maximum Gasteiger partial charge on any atom is 0.274 e. The molecule has 1 aliphatic heterocycles. The van der Waals surface area contributed by atoms with Gasteiger partial charge in [0.2, 0.25) is 0 Å². The molecule has 0 atom stereocenters. The first-order chi connectivity index (χ1) is 12.2. The molecule has 25 heavy (non-hydrogen) atoms. The molecule has 6 heteroatoms. The lowest BCUT2D eigenvalue weighted by Crippen LogP contribution is -2.24. The summed E-state index contributed by atoms with van der Waals surface area (Å²) in [7, 11) is 1.55. The van der Waals surface area contributed by atoms with E-state index in [1.54, 1.807) is 37.6 Å². The van der Waals surface area contributed by atoms with Gasteiger partial charge in [-0.05, 0) is 43.2 Å². The minimum absolute atomic E-state index is 0.261. The summed E-state index contributed by atoms with van der Waals surface area (Å²) in [6.45, 7) is 2.11. The van der Waals surface area contributed by atoms with E-state index in [1.807, 2.05) is 6.07 Å². The number of aromatic nitrogens is 1. The number of carbonyl (C=O) groups excluding carboxylic acids is 1. The SMILES string of the molecule is COc1ccc(NC(=O)c2ccc(N3CCCCCC3)cn2)cc1Cl. The van der Waals surface area contributed by atoms with E-state index in [0.29, 0.717) is 22.2 Å². The van der Waals surface area contributed by atoms with Gasteiger partial charge in [-0.1, -0.05) is 24.4 Å².